The first-order chi connectivity index (χ1) is 7.49. The maximum atomic E-state index is 9.35. The summed E-state index contributed by atoms with van der Waals surface area (Å²) in [4.78, 5) is 0. The Bertz CT molecular complexity index is 191. The van der Waals surface area contributed by atoms with Crippen molar-refractivity contribution in [1.82, 2.24) is 5.32 Å². The SMILES string of the molecule is CC(O)CC(C)NC1CCCC(C(C)C)C1. The Kier molecular flexibility index (Phi) is 5.77. The third-order valence-electron chi connectivity index (χ3n) is 3.87. The van der Waals surface area contributed by atoms with E-state index < -0.39 is 0 Å². The number of nitrogens with one attached hydrogen (secondary N) is 1. The van der Waals surface area contributed by atoms with Crippen LogP contribution in [0.25, 0.3) is 0 Å². The number of hydrogen-bond acceptors (Lipinski definition) is 2. The number of aliphatic hydroxyl groups is 1. The first-order valence-corrected chi connectivity index (χ1v) is 6.93. The second-order valence-electron chi connectivity index (χ2n) is 6.02. The first kappa shape index (κ1) is 14.0. The van der Waals surface area contributed by atoms with Crippen LogP contribution < -0.4 is 5.32 Å². The zero-order valence-electron chi connectivity index (χ0n) is 11.4. The molecule has 0 spiro atoms. The van der Waals surface area contributed by atoms with Gasteiger partial charge in [0.05, 0.1) is 6.10 Å². The van der Waals surface area contributed by atoms with Crippen LogP contribution in [0.5, 0.6) is 0 Å². The number of aliphatic hydroxyl groups excluding tert-OH is 1. The van der Waals surface area contributed by atoms with Crippen LogP contribution in [0.1, 0.15) is 59.8 Å². The predicted octanol–water partition coefficient (Wildman–Crippen LogP) is 2.95. The minimum atomic E-state index is -0.188. The highest BCUT2D eigenvalue weighted by atomic mass is 16.3. The van der Waals surface area contributed by atoms with E-state index in [-0.39, 0.29) is 6.10 Å². The van der Waals surface area contributed by atoms with Gasteiger partial charge in [0, 0.05) is 12.1 Å². The van der Waals surface area contributed by atoms with Crippen LogP contribution in [0.4, 0.5) is 0 Å². The largest absolute Gasteiger partial charge is 0.393 e. The van der Waals surface area contributed by atoms with Crippen molar-refractivity contribution in [2.75, 3.05) is 0 Å². The van der Waals surface area contributed by atoms with Crippen LogP contribution in [0.15, 0.2) is 0 Å². The molecule has 2 heteroatoms. The summed E-state index contributed by atoms with van der Waals surface area (Å²) in [5.41, 5.74) is 0. The summed E-state index contributed by atoms with van der Waals surface area (Å²) in [6, 6.07) is 1.12. The maximum Gasteiger partial charge on any atom is 0.0526 e. The Balaban J connectivity index is 2.31. The van der Waals surface area contributed by atoms with Gasteiger partial charge in [-0.2, -0.15) is 0 Å². The Morgan fingerprint density at radius 2 is 1.88 bits per heavy atom. The highest BCUT2D eigenvalue weighted by molar-refractivity contribution is 4.81. The molecule has 4 atom stereocenters. The zero-order chi connectivity index (χ0) is 12.1. The molecule has 96 valence electrons. The van der Waals surface area contributed by atoms with Crippen molar-refractivity contribution < 1.29 is 5.11 Å². The molecule has 0 radical (unpaired) electrons. The lowest BCUT2D eigenvalue weighted by Crippen LogP contribution is -2.41. The van der Waals surface area contributed by atoms with Crippen molar-refractivity contribution in [2.24, 2.45) is 11.8 Å². The van der Waals surface area contributed by atoms with Crippen molar-refractivity contribution in [1.29, 1.82) is 0 Å². The standard InChI is InChI=1S/C14H29NO/c1-10(2)13-6-5-7-14(9-13)15-11(3)8-12(4)16/h10-16H,5-9H2,1-4H3. The van der Waals surface area contributed by atoms with E-state index in [9.17, 15) is 5.11 Å². The summed E-state index contributed by atoms with van der Waals surface area (Å²) < 4.78 is 0. The quantitative estimate of drug-likeness (QED) is 0.757. The predicted molar refractivity (Wildman–Crippen MR) is 69.5 cm³/mol. The van der Waals surface area contributed by atoms with Gasteiger partial charge in [-0.1, -0.05) is 26.7 Å². The number of hydrogen-bond donors (Lipinski definition) is 2. The molecule has 0 amide bonds. The van der Waals surface area contributed by atoms with Gasteiger partial charge in [-0.15, -0.1) is 0 Å². The van der Waals surface area contributed by atoms with Crippen LogP contribution in [0, 0.1) is 11.8 Å². The van der Waals surface area contributed by atoms with Crippen LogP contribution >= 0.6 is 0 Å². The molecule has 0 aromatic heterocycles. The average Bonchev–Trinajstić information content (AvgIpc) is 2.16. The lowest BCUT2D eigenvalue weighted by atomic mass is 9.79. The van der Waals surface area contributed by atoms with Gasteiger partial charge in [0.15, 0.2) is 0 Å². The molecule has 16 heavy (non-hydrogen) atoms. The van der Waals surface area contributed by atoms with E-state index in [0.29, 0.717) is 12.1 Å². The fraction of sp³-hybridized carbons (Fsp3) is 1.00. The molecular weight excluding hydrogens is 198 g/mol. The van der Waals surface area contributed by atoms with Gasteiger partial charge in [-0.05, 0) is 44.9 Å². The summed E-state index contributed by atoms with van der Waals surface area (Å²) in [7, 11) is 0. The number of rotatable bonds is 5. The average molecular weight is 227 g/mol. The Hall–Kier alpha value is -0.0800. The van der Waals surface area contributed by atoms with Crippen molar-refractivity contribution in [3.63, 3.8) is 0 Å². The molecule has 0 bridgehead atoms. The highest BCUT2D eigenvalue weighted by Crippen LogP contribution is 2.30. The fourth-order valence-corrected chi connectivity index (χ4v) is 2.97. The van der Waals surface area contributed by atoms with Gasteiger partial charge in [-0.25, -0.2) is 0 Å². The minimum absolute atomic E-state index is 0.188. The molecule has 1 aliphatic carbocycles. The van der Waals surface area contributed by atoms with Crippen LogP contribution in [0.2, 0.25) is 0 Å². The summed E-state index contributed by atoms with van der Waals surface area (Å²) in [5, 5.41) is 13.0. The second kappa shape index (κ2) is 6.61. The van der Waals surface area contributed by atoms with E-state index in [0.717, 1.165) is 18.3 Å². The van der Waals surface area contributed by atoms with E-state index in [1.54, 1.807) is 0 Å². The van der Waals surface area contributed by atoms with Gasteiger partial charge in [0.2, 0.25) is 0 Å². The third kappa shape index (κ3) is 4.84. The molecule has 2 N–H and O–H groups in total. The first-order valence-electron chi connectivity index (χ1n) is 6.93. The summed E-state index contributed by atoms with van der Waals surface area (Å²) in [6.07, 6.45) is 6.08. The molecule has 1 fully saturated rings. The third-order valence-corrected chi connectivity index (χ3v) is 3.87. The van der Waals surface area contributed by atoms with Crippen LogP contribution in [-0.4, -0.2) is 23.3 Å². The van der Waals surface area contributed by atoms with E-state index >= 15 is 0 Å². The molecule has 0 aliphatic heterocycles. The van der Waals surface area contributed by atoms with Crippen molar-refractivity contribution in [2.45, 2.75) is 78.0 Å². The Morgan fingerprint density at radius 3 is 2.44 bits per heavy atom. The van der Waals surface area contributed by atoms with Gasteiger partial charge in [-0.3, -0.25) is 0 Å². The van der Waals surface area contributed by atoms with E-state index in [4.69, 9.17) is 0 Å². The second-order valence-corrected chi connectivity index (χ2v) is 6.02. The molecule has 4 unspecified atom stereocenters. The van der Waals surface area contributed by atoms with Gasteiger partial charge < -0.3 is 10.4 Å². The molecule has 0 aromatic carbocycles. The van der Waals surface area contributed by atoms with Crippen molar-refractivity contribution in [3.05, 3.63) is 0 Å². The smallest absolute Gasteiger partial charge is 0.0526 e. The van der Waals surface area contributed by atoms with Crippen LogP contribution in [0.3, 0.4) is 0 Å². The summed E-state index contributed by atoms with van der Waals surface area (Å²) in [5.74, 6) is 1.71. The fourth-order valence-electron chi connectivity index (χ4n) is 2.97. The van der Waals surface area contributed by atoms with E-state index in [2.05, 4.69) is 26.1 Å². The monoisotopic (exact) mass is 227 g/mol. The van der Waals surface area contributed by atoms with Gasteiger partial charge in [0.25, 0.3) is 0 Å². The molecule has 2 nitrogen and oxygen atoms in total. The lowest BCUT2D eigenvalue weighted by Gasteiger charge is -2.34. The molecule has 0 aromatic rings. The van der Waals surface area contributed by atoms with Gasteiger partial charge >= 0.3 is 0 Å². The molecule has 0 saturated heterocycles. The normalized spacial score (nSPS) is 30.4. The molecule has 1 rings (SSSR count). The summed E-state index contributed by atoms with van der Waals surface area (Å²) in [6.45, 7) is 8.74. The topological polar surface area (TPSA) is 32.3 Å². The highest BCUT2D eigenvalue weighted by Gasteiger charge is 2.24. The molecular formula is C14H29NO. The molecule has 1 aliphatic rings. The summed E-state index contributed by atoms with van der Waals surface area (Å²) >= 11 is 0. The van der Waals surface area contributed by atoms with Crippen LogP contribution in [-0.2, 0) is 0 Å². The van der Waals surface area contributed by atoms with Crippen molar-refractivity contribution in [3.8, 4) is 0 Å². The molecule has 0 heterocycles. The zero-order valence-corrected chi connectivity index (χ0v) is 11.4. The Labute approximate surface area is 101 Å². The van der Waals surface area contributed by atoms with Crippen molar-refractivity contribution >= 4 is 0 Å². The van der Waals surface area contributed by atoms with E-state index in [1.165, 1.54) is 25.7 Å². The molecule has 1 saturated carbocycles. The van der Waals surface area contributed by atoms with E-state index in [1.807, 2.05) is 6.92 Å². The Morgan fingerprint density at radius 1 is 1.19 bits per heavy atom. The minimum Gasteiger partial charge on any atom is -0.393 e. The van der Waals surface area contributed by atoms with Gasteiger partial charge in [0.1, 0.15) is 0 Å². The lowest BCUT2D eigenvalue weighted by molar-refractivity contribution is 0.158. The maximum absolute atomic E-state index is 9.35.